The second-order valence-corrected chi connectivity index (χ2v) is 5.13. The van der Waals surface area contributed by atoms with Gasteiger partial charge in [0.05, 0.1) is 18.4 Å². The van der Waals surface area contributed by atoms with E-state index in [-0.39, 0.29) is 11.8 Å². The molecule has 1 N–H and O–H groups in total. The van der Waals surface area contributed by atoms with Crippen molar-refractivity contribution in [1.82, 2.24) is 10.2 Å². The smallest absolute Gasteiger partial charge is 0.227 e. The quantitative estimate of drug-likeness (QED) is 0.786. The lowest BCUT2D eigenvalue weighted by molar-refractivity contribution is -0.136. The van der Waals surface area contributed by atoms with Crippen LogP contribution in [-0.4, -0.2) is 37.0 Å². The molecule has 0 aromatic carbocycles. The number of carbonyl (C=O) groups excluding carboxylic acids is 1. The Balaban J connectivity index is 2.54. The van der Waals surface area contributed by atoms with Gasteiger partial charge in [-0.3, -0.25) is 4.79 Å². The zero-order chi connectivity index (χ0) is 12.7. The summed E-state index contributed by atoms with van der Waals surface area (Å²) in [5.41, 5.74) is 0. The van der Waals surface area contributed by atoms with E-state index in [0.29, 0.717) is 18.9 Å². The number of nitriles is 1. The Hall–Kier alpha value is -1.08. The summed E-state index contributed by atoms with van der Waals surface area (Å²) in [6, 6.07) is 2.12. The third kappa shape index (κ3) is 4.74. The van der Waals surface area contributed by atoms with Gasteiger partial charge in [0, 0.05) is 19.6 Å². The average molecular weight is 237 g/mol. The highest BCUT2D eigenvalue weighted by Gasteiger charge is 2.25. The number of nitrogens with one attached hydrogen (secondary N) is 1. The van der Waals surface area contributed by atoms with Crippen molar-refractivity contribution in [1.29, 1.82) is 5.26 Å². The van der Waals surface area contributed by atoms with Gasteiger partial charge in [-0.1, -0.05) is 13.8 Å². The molecule has 17 heavy (non-hydrogen) atoms. The van der Waals surface area contributed by atoms with Crippen LogP contribution in [0, 0.1) is 23.2 Å². The van der Waals surface area contributed by atoms with Crippen molar-refractivity contribution >= 4 is 5.91 Å². The summed E-state index contributed by atoms with van der Waals surface area (Å²) in [5, 5.41) is 11.9. The maximum absolute atomic E-state index is 12.3. The van der Waals surface area contributed by atoms with Crippen molar-refractivity contribution < 1.29 is 4.79 Å². The standard InChI is InChI=1S/C13H23N3O/c1-11(2)10-16(8-4-6-14)13(17)12-5-3-7-15-9-12/h11-12,15H,3-5,7-10H2,1-2H3. The van der Waals surface area contributed by atoms with Gasteiger partial charge in [-0.2, -0.15) is 5.26 Å². The molecule has 0 bridgehead atoms. The van der Waals surface area contributed by atoms with Gasteiger partial charge in [0.15, 0.2) is 0 Å². The molecular formula is C13H23N3O. The van der Waals surface area contributed by atoms with Crippen molar-refractivity contribution in [3.8, 4) is 6.07 Å². The summed E-state index contributed by atoms with van der Waals surface area (Å²) >= 11 is 0. The van der Waals surface area contributed by atoms with Gasteiger partial charge in [-0.15, -0.1) is 0 Å². The zero-order valence-corrected chi connectivity index (χ0v) is 10.9. The van der Waals surface area contributed by atoms with E-state index in [0.717, 1.165) is 32.5 Å². The second-order valence-electron chi connectivity index (χ2n) is 5.13. The van der Waals surface area contributed by atoms with Crippen molar-refractivity contribution in [3.63, 3.8) is 0 Å². The maximum atomic E-state index is 12.3. The topological polar surface area (TPSA) is 56.1 Å². The van der Waals surface area contributed by atoms with E-state index < -0.39 is 0 Å². The van der Waals surface area contributed by atoms with E-state index in [1.165, 1.54) is 0 Å². The molecule has 4 heteroatoms. The first kappa shape index (κ1) is 14.0. The molecule has 0 aliphatic carbocycles. The van der Waals surface area contributed by atoms with Gasteiger partial charge in [0.1, 0.15) is 0 Å². The third-order valence-electron chi connectivity index (χ3n) is 3.04. The van der Waals surface area contributed by atoms with Crippen molar-refractivity contribution in [2.24, 2.45) is 11.8 Å². The molecular weight excluding hydrogens is 214 g/mol. The van der Waals surface area contributed by atoms with E-state index in [1.807, 2.05) is 4.90 Å². The minimum absolute atomic E-state index is 0.112. The van der Waals surface area contributed by atoms with Crippen LogP contribution < -0.4 is 5.32 Å². The van der Waals surface area contributed by atoms with Crippen LogP contribution in [0.5, 0.6) is 0 Å². The highest BCUT2D eigenvalue weighted by atomic mass is 16.2. The Morgan fingerprint density at radius 2 is 2.35 bits per heavy atom. The molecule has 1 heterocycles. The van der Waals surface area contributed by atoms with Gasteiger partial charge in [0.25, 0.3) is 0 Å². The third-order valence-corrected chi connectivity index (χ3v) is 3.04. The van der Waals surface area contributed by atoms with E-state index in [2.05, 4.69) is 25.2 Å². The molecule has 96 valence electrons. The molecule has 1 amide bonds. The Morgan fingerprint density at radius 1 is 1.59 bits per heavy atom. The molecule has 0 saturated carbocycles. The highest BCUT2D eigenvalue weighted by molar-refractivity contribution is 5.79. The maximum Gasteiger partial charge on any atom is 0.227 e. The molecule has 1 atom stereocenters. The first-order valence-electron chi connectivity index (χ1n) is 6.51. The van der Waals surface area contributed by atoms with Crippen LogP contribution in [0.3, 0.4) is 0 Å². The second kappa shape index (κ2) is 7.29. The zero-order valence-electron chi connectivity index (χ0n) is 10.9. The molecule has 0 aromatic rings. The van der Waals surface area contributed by atoms with Crippen LogP contribution in [0.1, 0.15) is 33.1 Å². The molecule has 1 saturated heterocycles. The van der Waals surface area contributed by atoms with Gasteiger partial charge in [0.2, 0.25) is 5.91 Å². The first-order valence-corrected chi connectivity index (χ1v) is 6.51. The van der Waals surface area contributed by atoms with Crippen LogP contribution in [0.4, 0.5) is 0 Å². The number of nitrogens with zero attached hydrogens (tertiary/aromatic N) is 2. The first-order chi connectivity index (χ1) is 8.15. The number of piperidine rings is 1. The van der Waals surface area contributed by atoms with Crippen LogP contribution in [0.15, 0.2) is 0 Å². The fourth-order valence-electron chi connectivity index (χ4n) is 2.24. The number of hydrogen-bond acceptors (Lipinski definition) is 3. The van der Waals surface area contributed by atoms with E-state index in [4.69, 9.17) is 5.26 Å². The van der Waals surface area contributed by atoms with Crippen molar-refractivity contribution in [2.75, 3.05) is 26.2 Å². The summed E-state index contributed by atoms with van der Waals surface area (Å²) < 4.78 is 0. The number of rotatable bonds is 5. The van der Waals surface area contributed by atoms with Gasteiger partial charge in [-0.25, -0.2) is 0 Å². The number of hydrogen-bond donors (Lipinski definition) is 1. The minimum atomic E-state index is 0.112. The minimum Gasteiger partial charge on any atom is -0.341 e. The largest absolute Gasteiger partial charge is 0.341 e. The van der Waals surface area contributed by atoms with Gasteiger partial charge < -0.3 is 10.2 Å². The summed E-state index contributed by atoms with van der Waals surface area (Å²) in [7, 11) is 0. The summed E-state index contributed by atoms with van der Waals surface area (Å²) in [6.45, 7) is 7.35. The van der Waals surface area contributed by atoms with Crippen LogP contribution >= 0.6 is 0 Å². The lowest BCUT2D eigenvalue weighted by Crippen LogP contribution is -2.44. The fourth-order valence-corrected chi connectivity index (χ4v) is 2.24. The lowest BCUT2D eigenvalue weighted by Gasteiger charge is -2.30. The predicted molar refractivity (Wildman–Crippen MR) is 67.2 cm³/mol. The van der Waals surface area contributed by atoms with E-state index in [9.17, 15) is 4.79 Å². The van der Waals surface area contributed by atoms with Crippen molar-refractivity contribution in [3.05, 3.63) is 0 Å². The van der Waals surface area contributed by atoms with Crippen LogP contribution in [0.2, 0.25) is 0 Å². The molecule has 0 radical (unpaired) electrons. The molecule has 0 aromatic heterocycles. The van der Waals surface area contributed by atoms with Crippen molar-refractivity contribution in [2.45, 2.75) is 33.1 Å². The fraction of sp³-hybridized carbons (Fsp3) is 0.846. The van der Waals surface area contributed by atoms with E-state index in [1.54, 1.807) is 0 Å². The summed E-state index contributed by atoms with van der Waals surface area (Å²) in [4.78, 5) is 14.2. The van der Waals surface area contributed by atoms with Crippen LogP contribution in [-0.2, 0) is 4.79 Å². The Morgan fingerprint density at radius 3 is 2.88 bits per heavy atom. The Bertz CT molecular complexity index is 277. The predicted octanol–water partition coefficient (Wildman–Crippen LogP) is 1.38. The molecule has 4 nitrogen and oxygen atoms in total. The lowest BCUT2D eigenvalue weighted by atomic mass is 9.97. The van der Waals surface area contributed by atoms with Gasteiger partial charge >= 0.3 is 0 Å². The number of carbonyl (C=O) groups is 1. The molecule has 1 unspecified atom stereocenters. The monoisotopic (exact) mass is 237 g/mol. The molecule has 0 spiro atoms. The summed E-state index contributed by atoms with van der Waals surface area (Å²) in [5.74, 6) is 0.788. The van der Waals surface area contributed by atoms with E-state index >= 15 is 0 Å². The Kier molecular flexibility index (Phi) is 5.99. The molecule has 1 aliphatic heterocycles. The number of amides is 1. The van der Waals surface area contributed by atoms with Gasteiger partial charge in [-0.05, 0) is 25.3 Å². The molecule has 1 aliphatic rings. The normalized spacial score (nSPS) is 20.0. The average Bonchev–Trinajstić information content (AvgIpc) is 2.34. The Labute approximate surface area is 104 Å². The molecule has 1 rings (SSSR count). The SMILES string of the molecule is CC(C)CN(CCC#N)C(=O)C1CCCNC1. The van der Waals surface area contributed by atoms with Crippen LogP contribution in [0.25, 0.3) is 0 Å². The summed E-state index contributed by atoms with van der Waals surface area (Å²) in [6.07, 6.45) is 2.48. The molecule has 1 fully saturated rings. The highest BCUT2D eigenvalue weighted by Crippen LogP contribution is 2.14.